The second kappa shape index (κ2) is 5.95. The van der Waals surface area contributed by atoms with Crippen molar-refractivity contribution in [2.75, 3.05) is 0 Å². The van der Waals surface area contributed by atoms with Crippen molar-refractivity contribution in [3.05, 3.63) is 54.1 Å². The Balaban J connectivity index is 2.43. The van der Waals surface area contributed by atoms with Crippen molar-refractivity contribution in [1.29, 1.82) is 0 Å². The summed E-state index contributed by atoms with van der Waals surface area (Å²) >= 11 is 0. The smallest absolute Gasteiger partial charge is 0.225 e. The Kier molecular flexibility index (Phi) is 4.40. The van der Waals surface area contributed by atoms with Crippen molar-refractivity contribution in [1.82, 2.24) is 0 Å². The summed E-state index contributed by atoms with van der Waals surface area (Å²) in [5.74, 6) is 0. The molecule has 22 heavy (non-hydrogen) atoms. The number of nitrogens with two attached hydrogens (primary N) is 1. The highest BCUT2D eigenvalue weighted by atomic mass is 32.2. The molecule has 2 rings (SSSR count). The Labute approximate surface area is 128 Å². The van der Waals surface area contributed by atoms with E-state index >= 15 is 0 Å². The van der Waals surface area contributed by atoms with Crippen LogP contribution in [0.4, 0.5) is 5.69 Å². The van der Waals surface area contributed by atoms with Gasteiger partial charge in [-0.1, -0.05) is 34.3 Å². The van der Waals surface area contributed by atoms with Crippen LogP contribution in [0.15, 0.2) is 68.0 Å². The van der Waals surface area contributed by atoms with Gasteiger partial charge in [-0.05, 0) is 31.2 Å². The van der Waals surface area contributed by atoms with Crippen molar-refractivity contribution in [2.24, 2.45) is 14.8 Å². The fraction of sp³-hybridized carbons (Fsp3) is 0.0769. The molecule has 116 valence electrons. The average molecular weight is 339 g/mol. The summed E-state index contributed by atoms with van der Waals surface area (Å²) in [6.45, 7) is 1.82. The highest BCUT2D eigenvalue weighted by molar-refractivity contribution is 7.90. The van der Waals surface area contributed by atoms with E-state index in [0.717, 1.165) is 5.56 Å². The van der Waals surface area contributed by atoms with Crippen LogP contribution in [-0.4, -0.2) is 16.8 Å². The van der Waals surface area contributed by atoms with E-state index in [9.17, 15) is 16.8 Å². The standard InChI is InChI=1S/C13H13N3O4S2/c1-10-6-8-11(9-7-10)22(19,20)16-15-12-4-2-3-5-13(12)21(14,17)18/h2-9H,1H3,(H2,14,17,18). The van der Waals surface area contributed by atoms with Gasteiger partial charge in [0.15, 0.2) is 0 Å². The van der Waals surface area contributed by atoms with Crippen LogP contribution in [0.5, 0.6) is 0 Å². The zero-order valence-corrected chi connectivity index (χ0v) is 13.2. The number of sulfonamides is 2. The number of nitrogens with zero attached hydrogens (tertiary/aromatic N) is 2. The van der Waals surface area contributed by atoms with E-state index in [1.54, 1.807) is 12.1 Å². The molecular weight excluding hydrogens is 326 g/mol. The van der Waals surface area contributed by atoms with Crippen LogP contribution in [0.25, 0.3) is 0 Å². The lowest BCUT2D eigenvalue weighted by molar-refractivity contribution is 0.593. The average Bonchev–Trinajstić information content (AvgIpc) is 2.45. The summed E-state index contributed by atoms with van der Waals surface area (Å²) in [7, 11) is -8.03. The summed E-state index contributed by atoms with van der Waals surface area (Å²) in [6.07, 6.45) is 0. The minimum atomic E-state index is -4.02. The topological polar surface area (TPSA) is 119 Å². The molecule has 0 radical (unpaired) electrons. The lowest BCUT2D eigenvalue weighted by Gasteiger charge is -2.02. The summed E-state index contributed by atoms with van der Waals surface area (Å²) in [5.41, 5.74) is 0.760. The van der Waals surface area contributed by atoms with Crippen LogP contribution < -0.4 is 5.14 Å². The molecule has 0 aromatic heterocycles. The van der Waals surface area contributed by atoms with Gasteiger partial charge in [0.25, 0.3) is 10.0 Å². The molecule has 0 spiro atoms. The largest absolute Gasteiger partial charge is 0.299 e. The van der Waals surface area contributed by atoms with Crippen molar-refractivity contribution in [2.45, 2.75) is 16.7 Å². The zero-order chi connectivity index (χ0) is 16.4. The zero-order valence-electron chi connectivity index (χ0n) is 11.5. The number of aryl methyl sites for hydroxylation is 1. The molecule has 9 heteroatoms. The molecular formula is C13H13N3O4S2. The first-order chi connectivity index (χ1) is 10.2. The van der Waals surface area contributed by atoms with E-state index in [1.807, 2.05) is 6.92 Å². The first-order valence-corrected chi connectivity index (χ1v) is 9.05. The molecule has 0 aliphatic rings. The van der Waals surface area contributed by atoms with Gasteiger partial charge < -0.3 is 0 Å². The van der Waals surface area contributed by atoms with Gasteiger partial charge in [0.2, 0.25) is 10.0 Å². The molecule has 0 heterocycles. The van der Waals surface area contributed by atoms with Crippen molar-refractivity contribution >= 4 is 25.7 Å². The summed E-state index contributed by atoms with van der Waals surface area (Å²) in [6, 6.07) is 11.5. The van der Waals surface area contributed by atoms with E-state index < -0.39 is 20.0 Å². The molecule has 0 saturated heterocycles. The third-order valence-electron chi connectivity index (χ3n) is 2.75. The molecule has 0 saturated carbocycles. The van der Waals surface area contributed by atoms with E-state index in [4.69, 9.17) is 5.14 Å². The Hall–Kier alpha value is -2.10. The normalized spacial score (nSPS) is 12.6. The highest BCUT2D eigenvalue weighted by Crippen LogP contribution is 2.24. The molecule has 0 unspecified atom stereocenters. The second-order valence-corrected chi connectivity index (χ2v) is 7.60. The molecule has 2 aromatic rings. The summed E-state index contributed by atoms with van der Waals surface area (Å²) in [4.78, 5) is -0.326. The summed E-state index contributed by atoms with van der Waals surface area (Å²) in [5, 5.41) is 8.57. The first-order valence-electron chi connectivity index (χ1n) is 6.07. The van der Waals surface area contributed by atoms with Gasteiger partial charge in [0.05, 0.1) is 4.90 Å². The summed E-state index contributed by atoms with van der Waals surface area (Å²) < 4.78 is 50.2. The van der Waals surface area contributed by atoms with Gasteiger partial charge in [0, 0.05) is 0 Å². The number of benzene rings is 2. The molecule has 0 atom stereocenters. The Morgan fingerprint density at radius 2 is 1.50 bits per heavy atom. The lowest BCUT2D eigenvalue weighted by atomic mass is 10.2. The fourth-order valence-corrected chi connectivity index (χ4v) is 3.07. The van der Waals surface area contributed by atoms with Crippen LogP contribution in [0.2, 0.25) is 0 Å². The maximum atomic E-state index is 12.0. The van der Waals surface area contributed by atoms with Crippen molar-refractivity contribution < 1.29 is 16.8 Å². The van der Waals surface area contributed by atoms with Gasteiger partial charge >= 0.3 is 0 Å². The third kappa shape index (κ3) is 3.75. The fourth-order valence-electron chi connectivity index (χ4n) is 1.64. The lowest BCUT2D eigenvalue weighted by Crippen LogP contribution is -2.12. The number of primary sulfonamides is 1. The van der Waals surface area contributed by atoms with E-state index in [2.05, 4.69) is 9.63 Å². The van der Waals surface area contributed by atoms with Crippen molar-refractivity contribution in [3.63, 3.8) is 0 Å². The van der Waals surface area contributed by atoms with Crippen LogP contribution in [0, 0.1) is 6.92 Å². The molecule has 0 bridgehead atoms. The van der Waals surface area contributed by atoms with Gasteiger partial charge in [0.1, 0.15) is 10.6 Å². The molecule has 2 aromatic carbocycles. The van der Waals surface area contributed by atoms with Gasteiger partial charge in [-0.2, -0.15) is 8.42 Å². The predicted molar refractivity (Wildman–Crippen MR) is 80.7 cm³/mol. The molecule has 0 amide bonds. The quantitative estimate of drug-likeness (QED) is 0.858. The Bertz CT molecular complexity index is 918. The predicted octanol–water partition coefficient (Wildman–Crippen LogP) is 2.12. The van der Waals surface area contributed by atoms with Gasteiger partial charge in [-0.3, -0.25) is 0 Å². The third-order valence-corrected chi connectivity index (χ3v) is 4.87. The number of hydrogen-bond donors (Lipinski definition) is 1. The number of rotatable bonds is 4. The van der Waals surface area contributed by atoms with Crippen molar-refractivity contribution in [3.8, 4) is 0 Å². The highest BCUT2D eigenvalue weighted by Gasteiger charge is 2.16. The minimum absolute atomic E-state index is 0.0325. The molecule has 2 N–H and O–H groups in total. The van der Waals surface area contributed by atoms with E-state index in [0.29, 0.717) is 0 Å². The van der Waals surface area contributed by atoms with Gasteiger partial charge in [-0.15, -0.1) is 5.11 Å². The van der Waals surface area contributed by atoms with E-state index in [1.165, 1.54) is 36.4 Å². The first kappa shape index (κ1) is 16.3. The maximum absolute atomic E-state index is 12.0. The Morgan fingerprint density at radius 3 is 2.09 bits per heavy atom. The Morgan fingerprint density at radius 1 is 0.909 bits per heavy atom. The van der Waals surface area contributed by atoms with Crippen LogP contribution in [0.1, 0.15) is 5.56 Å². The maximum Gasteiger partial charge on any atom is 0.299 e. The molecule has 0 aliphatic heterocycles. The molecule has 7 nitrogen and oxygen atoms in total. The SMILES string of the molecule is Cc1ccc(S(=O)(=O)N=Nc2ccccc2S(N)(=O)=O)cc1. The van der Waals surface area contributed by atoms with Crippen LogP contribution in [0.3, 0.4) is 0 Å². The van der Waals surface area contributed by atoms with Crippen LogP contribution >= 0.6 is 0 Å². The minimum Gasteiger partial charge on any atom is -0.225 e. The molecule has 0 fully saturated rings. The second-order valence-electron chi connectivity index (χ2n) is 4.48. The van der Waals surface area contributed by atoms with Gasteiger partial charge in [-0.25, -0.2) is 13.6 Å². The molecule has 0 aliphatic carbocycles. The monoisotopic (exact) mass is 339 g/mol. The van der Waals surface area contributed by atoms with E-state index in [-0.39, 0.29) is 15.5 Å². The number of hydrogen-bond acceptors (Lipinski definition) is 5. The van der Waals surface area contributed by atoms with Crippen LogP contribution in [-0.2, 0) is 20.0 Å².